The van der Waals surface area contributed by atoms with Crippen molar-refractivity contribution in [2.45, 2.75) is 52.0 Å². The van der Waals surface area contributed by atoms with Crippen LogP contribution in [0.3, 0.4) is 0 Å². The van der Waals surface area contributed by atoms with Crippen molar-refractivity contribution in [3.8, 4) is 0 Å². The van der Waals surface area contributed by atoms with Gasteiger partial charge in [0.25, 0.3) is 5.91 Å². The summed E-state index contributed by atoms with van der Waals surface area (Å²) >= 11 is 0. The van der Waals surface area contributed by atoms with E-state index in [1.807, 2.05) is 27.7 Å². The number of carbonyl (C=O) groups is 1. The first kappa shape index (κ1) is 14.7. The van der Waals surface area contributed by atoms with Gasteiger partial charge in [0.2, 0.25) is 0 Å². The van der Waals surface area contributed by atoms with Crippen molar-refractivity contribution >= 4 is 11.6 Å². The number of aromatic nitrogens is 2. The predicted octanol–water partition coefficient (Wildman–Crippen LogP) is 1.80. The minimum absolute atomic E-state index is 0.157. The number of nitrogen functional groups attached to an aromatic ring is 1. The topological polar surface area (TPSA) is 92.9 Å². The van der Waals surface area contributed by atoms with Gasteiger partial charge >= 0.3 is 0 Å². The number of hydrogen-bond donors (Lipinski definition) is 3. The van der Waals surface area contributed by atoms with Crippen molar-refractivity contribution in [3.05, 3.63) is 17.7 Å². The highest BCUT2D eigenvalue weighted by Gasteiger charge is 2.39. The Labute approximate surface area is 119 Å². The molecular formula is C14H23N5O. The maximum absolute atomic E-state index is 12.5. The van der Waals surface area contributed by atoms with Gasteiger partial charge in [-0.3, -0.25) is 10.6 Å². The zero-order valence-corrected chi connectivity index (χ0v) is 12.5. The van der Waals surface area contributed by atoms with E-state index in [2.05, 4.69) is 20.7 Å². The average Bonchev–Trinajstić information content (AvgIpc) is 3.21. The summed E-state index contributed by atoms with van der Waals surface area (Å²) in [4.78, 5) is 21.0. The fraction of sp³-hybridized carbons (Fsp3) is 0.643. The lowest BCUT2D eigenvalue weighted by Crippen LogP contribution is -2.45. The first-order chi connectivity index (χ1) is 9.35. The highest BCUT2D eigenvalue weighted by atomic mass is 16.2. The van der Waals surface area contributed by atoms with Crippen LogP contribution in [0.4, 0.5) is 5.69 Å². The molecule has 1 aliphatic rings. The van der Waals surface area contributed by atoms with E-state index < -0.39 is 0 Å². The molecule has 4 N–H and O–H groups in total. The van der Waals surface area contributed by atoms with Gasteiger partial charge in [-0.15, -0.1) is 0 Å². The summed E-state index contributed by atoms with van der Waals surface area (Å²) < 4.78 is 0. The molecule has 0 aliphatic heterocycles. The fourth-order valence-corrected chi connectivity index (χ4v) is 2.21. The third-order valence-corrected chi connectivity index (χ3v) is 3.73. The Hall–Kier alpha value is -1.69. The number of rotatable bonds is 5. The monoisotopic (exact) mass is 277 g/mol. The molecule has 1 heterocycles. The molecule has 0 saturated heterocycles. The second kappa shape index (κ2) is 5.36. The molecule has 1 aromatic rings. The standard InChI is InChI=1S/C14H23N5O/c1-8(2)12-16-7-10(19-15)11(17-12)13(20)18-14(3,4)9-5-6-9/h7-9,19H,5-6,15H2,1-4H3,(H,18,20). The molecule has 6 heteroatoms. The van der Waals surface area contributed by atoms with Crippen LogP contribution in [0.25, 0.3) is 0 Å². The van der Waals surface area contributed by atoms with Crippen LogP contribution in [0, 0.1) is 5.92 Å². The number of hydrazine groups is 1. The molecule has 1 amide bonds. The van der Waals surface area contributed by atoms with Crippen LogP contribution in [0.2, 0.25) is 0 Å². The Morgan fingerprint density at radius 3 is 2.60 bits per heavy atom. The summed E-state index contributed by atoms with van der Waals surface area (Å²) in [6, 6.07) is 0. The van der Waals surface area contributed by atoms with Crippen molar-refractivity contribution in [2.75, 3.05) is 5.43 Å². The Balaban J connectivity index is 2.25. The fourth-order valence-electron chi connectivity index (χ4n) is 2.21. The molecule has 2 rings (SSSR count). The highest BCUT2D eigenvalue weighted by Crippen LogP contribution is 2.39. The van der Waals surface area contributed by atoms with Crippen LogP contribution in [0.15, 0.2) is 6.20 Å². The molecule has 1 saturated carbocycles. The third kappa shape index (κ3) is 3.07. The van der Waals surface area contributed by atoms with Gasteiger partial charge in [0, 0.05) is 11.5 Å². The Bertz CT molecular complexity index is 508. The van der Waals surface area contributed by atoms with Gasteiger partial charge in [-0.1, -0.05) is 13.8 Å². The minimum Gasteiger partial charge on any atom is -0.345 e. The van der Waals surface area contributed by atoms with Crippen LogP contribution in [0.5, 0.6) is 0 Å². The van der Waals surface area contributed by atoms with Gasteiger partial charge in [0.1, 0.15) is 5.82 Å². The van der Waals surface area contributed by atoms with E-state index in [0.29, 0.717) is 23.1 Å². The van der Waals surface area contributed by atoms with Gasteiger partial charge in [0.05, 0.1) is 11.9 Å². The van der Waals surface area contributed by atoms with Crippen LogP contribution in [0.1, 0.15) is 62.8 Å². The lowest BCUT2D eigenvalue weighted by molar-refractivity contribution is 0.0898. The van der Waals surface area contributed by atoms with E-state index in [1.54, 1.807) is 6.20 Å². The molecule has 1 aliphatic carbocycles. The lowest BCUT2D eigenvalue weighted by Gasteiger charge is -2.26. The maximum Gasteiger partial charge on any atom is 0.272 e. The largest absolute Gasteiger partial charge is 0.345 e. The van der Waals surface area contributed by atoms with Crippen molar-refractivity contribution in [1.29, 1.82) is 0 Å². The summed E-state index contributed by atoms with van der Waals surface area (Å²) in [6.07, 6.45) is 3.88. The van der Waals surface area contributed by atoms with Gasteiger partial charge in [-0.25, -0.2) is 9.97 Å². The molecule has 0 atom stereocenters. The number of nitrogens with one attached hydrogen (secondary N) is 2. The van der Waals surface area contributed by atoms with E-state index in [9.17, 15) is 4.79 Å². The first-order valence-electron chi connectivity index (χ1n) is 7.01. The summed E-state index contributed by atoms with van der Waals surface area (Å²) in [5.74, 6) is 6.57. The number of nitrogens with two attached hydrogens (primary N) is 1. The smallest absolute Gasteiger partial charge is 0.272 e. The van der Waals surface area contributed by atoms with E-state index in [1.165, 1.54) is 0 Å². The second-order valence-electron chi connectivity index (χ2n) is 6.24. The zero-order chi connectivity index (χ0) is 14.9. The molecule has 0 bridgehead atoms. The molecule has 20 heavy (non-hydrogen) atoms. The SMILES string of the molecule is CC(C)c1ncc(NN)c(C(=O)NC(C)(C)C2CC2)n1. The highest BCUT2D eigenvalue weighted by molar-refractivity contribution is 5.97. The maximum atomic E-state index is 12.5. The van der Waals surface area contributed by atoms with Gasteiger partial charge in [-0.05, 0) is 32.6 Å². The number of amides is 1. The van der Waals surface area contributed by atoms with Crippen LogP contribution in [-0.2, 0) is 0 Å². The minimum atomic E-state index is -0.216. The van der Waals surface area contributed by atoms with Crippen molar-refractivity contribution in [2.24, 2.45) is 11.8 Å². The molecule has 0 aromatic carbocycles. The van der Waals surface area contributed by atoms with Crippen LogP contribution < -0.4 is 16.6 Å². The molecule has 1 fully saturated rings. The van der Waals surface area contributed by atoms with Crippen LogP contribution >= 0.6 is 0 Å². The van der Waals surface area contributed by atoms with Gasteiger partial charge < -0.3 is 10.7 Å². The van der Waals surface area contributed by atoms with E-state index in [4.69, 9.17) is 5.84 Å². The summed E-state index contributed by atoms with van der Waals surface area (Å²) in [7, 11) is 0. The molecule has 110 valence electrons. The third-order valence-electron chi connectivity index (χ3n) is 3.73. The molecule has 6 nitrogen and oxygen atoms in total. The summed E-state index contributed by atoms with van der Waals surface area (Å²) in [5.41, 5.74) is 3.02. The van der Waals surface area contributed by atoms with E-state index in [-0.39, 0.29) is 17.4 Å². The van der Waals surface area contributed by atoms with Gasteiger partial charge in [-0.2, -0.15) is 0 Å². The van der Waals surface area contributed by atoms with Crippen LogP contribution in [-0.4, -0.2) is 21.4 Å². The van der Waals surface area contributed by atoms with Crippen molar-refractivity contribution < 1.29 is 4.79 Å². The molecule has 0 radical (unpaired) electrons. The summed E-state index contributed by atoms with van der Waals surface area (Å²) in [5, 5.41) is 3.05. The Morgan fingerprint density at radius 2 is 2.10 bits per heavy atom. The van der Waals surface area contributed by atoms with E-state index >= 15 is 0 Å². The number of hydrogen-bond acceptors (Lipinski definition) is 5. The molecule has 0 spiro atoms. The Morgan fingerprint density at radius 1 is 1.45 bits per heavy atom. The van der Waals surface area contributed by atoms with E-state index in [0.717, 1.165) is 12.8 Å². The molecule has 1 aromatic heterocycles. The first-order valence-corrected chi connectivity index (χ1v) is 7.01. The quantitative estimate of drug-likeness (QED) is 0.564. The molecule has 0 unspecified atom stereocenters. The normalized spacial score (nSPS) is 15.3. The predicted molar refractivity (Wildman–Crippen MR) is 78.2 cm³/mol. The number of carbonyl (C=O) groups excluding carboxylic acids is 1. The Kier molecular flexibility index (Phi) is 3.94. The summed E-state index contributed by atoms with van der Waals surface area (Å²) in [6.45, 7) is 8.06. The second-order valence-corrected chi connectivity index (χ2v) is 6.24. The zero-order valence-electron chi connectivity index (χ0n) is 12.5. The van der Waals surface area contributed by atoms with Gasteiger partial charge in [0.15, 0.2) is 5.69 Å². The number of anilines is 1. The lowest BCUT2D eigenvalue weighted by atomic mass is 9.98. The average molecular weight is 277 g/mol. The molecular weight excluding hydrogens is 254 g/mol. The number of nitrogens with zero attached hydrogens (tertiary/aromatic N) is 2. The van der Waals surface area contributed by atoms with Crippen molar-refractivity contribution in [1.82, 2.24) is 15.3 Å². The van der Waals surface area contributed by atoms with Crippen molar-refractivity contribution in [3.63, 3.8) is 0 Å².